The summed E-state index contributed by atoms with van der Waals surface area (Å²) in [4.78, 5) is 14.0. The topological polar surface area (TPSA) is 44.4 Å². The van der Waals surface area contributed by atoms with Gasteiger partial charge in [-0.3, -0.25) is 4.79 Å². The van der Waals surface area contributed by atoms with Gasteiger partial charge in [0.2, 0.25) is 5.91 Å². The molecule has 1 fully saturated rings. The zero-order valence-corrected chi connectivity index (χ0v) is 10.8. The van der Waals surface area contributed by atoms with Gasteiger partial charge in [0.15, 0.2) is 0 Å². The van der Waals surface area contributed by atoms with Crippen LogP contribution in [0.1, 0.15) is 32.6 Å². The molecule has 0 spiro atoms. The van der Waals surface area contributed by atoms with E-state index in [1.165, 1.54) is 0 Å². The second-order valence-electron chi connectivity index (χ2n) is 5.13. The van der Waals surface area contributed by atoms with Gasteiger partial charge in [-0.25, -0.2) is 0 Å². The number of nitrogens with one attached hydrogen (secondary N) is 2. The molecule has 0 saturated carbocycles. The third kappa shape index (κ3) is 4.10. The molecule has 1 heterocycles. The van der Waals surface area contributed by atoms with E-state index in [1.807, 2.05) is 6.92 Å². The van der Waals surface area contributed by atoms with Gasteiger partial charge in [0.05, 0.1) is 5.54 Å². The van der Waals surface area contributed by atoms with Crippen LogP contribution in [0.2, 0.25) is 0 Å². The van der Waals surface area contributed by atoms with E-state index in [-0.39, 0.29) is 11.4 Å². The van der Waals surface area contributed by atoms with Crippen LogP contribution in [0.25, 0.3) is 0 Å². The predicted molar refractivity (Wildman–Crippen MR) is 66.4 cm³/mol. The molecule has 1 unspecified atom stereocenters. The van der Waals surface area contributed by atoms with Crippen molar-refractivity contribution in [2.45, 2.75) is 38.1 Å². The monoisotopic (exact) mass is 227 g/mol. The molecule has 0 bridgehead atoms. The largest absolute Gasteiger partial charge is 0.355 e. The zero-order valence-electron chi connectivity index (χ0n) is 10.8. The molecule has 16 heavy (non-hydrogen) atoms. The molecule has 94 valence electrons. The standard InChI is InChI=1S/C12H25N3O/c1-12(7-6-9-14-12)11(16)13-8-4-5-10-15(2)3/h14H,4-10H2,1-3H3,(H,13,16). The first kappa shape index (κ1) is 13.5. The number of hydrogen-bond acceptors (Lipinski definition) is 3. The highest BCUT2D eigenvalue weighted by molar-refractivity contribution is 5.86. The van der Waals surface area contributed by atoms with Crippen molar-refractivity contribution in [3.05, 3.63) is 0 Å². The Labute approximate surface area is 98.8 Å². The van der Waals surface area contributed by atoms with E-state index < -0.39 is 0 Å². The molecule has 0 aromatic rings. The van der Waals surface area contributed by atoms with Crippen LogP contribution in [0.4, 0.5) is 0 Å². The Morgan fingerprint density at radius 1 is 1.44 bits per heavy atom. The average Bonchev–Trinajstić information content (AvgIpc) is 2.65. The van der Waals surface area contributed by atoms with Crippen molar-refractivity contribution in [1.82, 2.24) is 15.5 Å². The number of carbonyl (C=O) groups excluding carboxylic acids is 1. The Kier molecular flexibility index (Phi) is 5.22. The van der Waals surface area contributed by atoms with Gasteiger partial charge in [0.25, 0.3) is 0 Å². The van der Waals surface area contributed by atoms with E-state index >= 15 is 0 Å². The lowest BCUT2D eigenvalue weighted by molar-refractivity contribution is -0.126. The van der Waals surface area contributed by atoms with Crippen LogP contribution >= 0.6 is 0 Å². The second-order valence-corrected chi connectivity index (χ2v) is 5.13. The molecule has 0 aromatic heterocycles. The van der Waals surface area contributed by atoms with E-state index in [1.54, 1.807) is 0 Å². The van der Waals surface area contributed by atoms with Crippen molar-refractivity contribution in [2.75, 3.05) is 33.7 Å². The molecule has 1 amide bonds. The van der Waals surface area contributed by atoms with Gasteiger partial charge in [0, 0.05) is 6.54 Å². The predicted octanol–water partition coefficient (Wildman–Crippen LogP) is 0.587. The fourth-order valence-electron chi connectivity index (χ4n) is 2.04. The Hall–Kier alpha value is -0.610. The van der Waals surface area contributed by atoms with Crippen LogP contribution in [-0.4, -0.2) is 50.1 Å². The minimum Gasteiger partial charge on any atom is -0.355 e. The SMILES string of the molecule is CN(C)CCCCNC(=O)C1(C)CCCN1. The van der Waals surface area contributed by atoms with Crippen molar-refractivity contribution in [1.29, 1.82) is 0 Å². The van der Waals surface area contributed by atoms with Gasteiger partial charge in [-0.15, -0.1) is 0 Å². The maximum absolute atomic E-state index is 11.9. The van der Waals surface area contributed by atoms with Crippen molar-refractivity contribution in [3.8, 4) is 0 Å². The third-order valence-electron chi connectivity index (χ3n) is 3.19. The summed E-state index contributed by atoms with van der Waals surface area (Å²) in [6.07, 6.45) is 4.25. The van der Waals surface area contributed by atoms with Gasteiger partial charge >= 0.3 is 0 Å². The van der Waals surface area contributed by atoms with Gasteiger partial charge in [-0.05, 0) is 59.8 Å². The minimum absolute atomic E-state index is 0.162. The van der Waals surface area contributed by atoms with Crippen molar-refractivity contribution in [2.24, 2.45) is 0 Å². The first-order valence-corrected chi connectivity index (χ1v) is 6.23. The molecule has 1 aliphatic heterocycles. The molecule has 0 aliphatic carbocycles. The normalized spacial score (nSPS) is 25.0. The van der Waals surface area contributed by atoms with E-state index in [0.717, 1.165) is 45.3 Å². The van der Waals surface area contributed by atoms with Crippen LogP contribution < -0.4 is 10.6 Å². The Morgan fingerprint density at radius 3 is 2.75 bits per heavy atom. The third-order valence-corrected chi connectivity index (χ3v) is 3.19. The number of amides is 1. The minimum atomic E-state index is -0.318. The van der Waals surface area contributed by atoms with E-state index in [9.17, 15) is 4.79 Å². The first-order valence-electron chi connectivity index (χ1n) is 6.23. The molecule has 4 heteroatoms. The number of unbranched alkanes of at least 4 members (excludes halogenated alkanes) is 1. The number of hydrogen-bond donors (Lipinski definition) is 2. The lowest BCUT2D eigenvalue weighted by Gasteiger charge is -2.23. The quantitative estimate of drug-likeness (QED) is 0.653. The number of nitrogens with zero attached hydrogens (tertiary/aromatic N) is 1. The Bertz CT molecular complexity index is 222. The van der Waals surface area contributed by atoms with Crippen molar-refractivity contribution < 1.29 is 4.79 Å². The van der Waals surface area contributed by atoms with E-state index in [4.69, 9.17) is 0 Å². The first-order chi connectivity index (χ1) is 7.54. The van der Waals surface area contributed by atoms with Crippen LogP contribution in [0.3, 0.4) is 0 Å². The fourth-order valence-corrected chi connectivity index (χ4v) is 2.04. The molecule has 1 saturated heterocycles. The summed E-state index contributed by atoms with van der Waals surface area (Å²) < 4.78 is 0. The van der Waals surface area contributed by atoms with Crippen LogP contribution in [-0.2, 0) is 4.79 Å². The maximum Gasteiger partial charge on any atom is 0.240 e. The Balaban J connectivity index is 2.10. The van der Waals surface area contributed by atoms with Crippen LogP contribution in [0, 0.1) is 0 Å². The summed E-state index contributed by atoms with van der Waals surface area (Å²) in [5.74, 6) is 0.162. The Morgan fingerprint density at radius 2 is 2.19 bits per heavy atom. The summed E-state index contributed by atoms with van der Waals surface area (Å²) in [7, 11) is 4.14. The molecular weight excluding hydrogens is 202 g/mol. The summed E-state index contributed by atoms with van der Waals surface area (Å²) >= 11 is 0. The van der Waals surface area contributed by atoms with Crippen LogP contribution in [0.15, 0.2) is 0 Å². The van der Waals surface area contributed by atoms with Gasteiger partial charge in [-0.2, -0.15) is 0 Å². The summed E-state index contributed by atoms with van der Waals surface area (Å²) in [5, 5.41) is 6.29. The fraction of sp³-hybridized carbons (Fsp3) is 0.917. The smallest absolute Gasteiger partial charge is 0.240 e. The molecule has 0 radical (unpaired) electrons. The molecule has 1 rings (SSSR count). The summed E-state index contributed by atoms with van der Waals surface area (Å²) in [5.41, 5.74) is -0.318. The highest BCUT2D eigenvalue weighted by atomic mass is 16.2. The van der Waals surface area contributed by atoms with E-state index in [2.05, 4.69) is 29.6 Å². The molecule has 1 atom stereocenters. The number of carbonyl (C=O) groups is 1. The second kappa shape index (κ2) is 6.21. The average molecular weight is 227 g/mol. The van der Waals surface area contributed by atoms with E-state index in [0.29, 0.717) is 0 Å². The number of rotatable bonds is 6. The summed E-state index contributed by atoms with van der Waals surface area (Å²) in [6.45, 7) is 4.84. The molecular formula is C12H25N3O. The molecule has 2 N–H and O–H groups in total. The summed E-state index contributed by atoms with van der Waals surface area (Å²) in [6, 6.07) is 0. The molecule has 1 aliphatic rings. The lowest BCUT2D eigenvalue weighted by atomic mass is 9.99. The highest BCUT2D eigenvalue weighted by Gasteiger charge is 2.35. The molecule has 4 nitrogen and oxygen atoms in total. The highest BCUT2D eigenvalue weighted by Crippen LogP contribution is 2.18. The van der Waals surface area contributed by atoms with Gasteiger partial charge < -0.3 is 15.5 Å². The van der Waals surface area contributed by atoms with Crippen LogP contribution in [0.5, 0.6) is 0 Å². The van der Waals surface area contributed by atoms with Crippen molar-refractivity contribution >= 4 is 5.91 Å². The van der Waals surface area contributed by atoms with Gasteiger partial charge in [-0.1, -0.05) is 0 Å². The maximum atomic E-state index is 11.9. The molecule has 0 aromatic carbocycles. The zero-order chi connectivity index (χ0) is 12.0. The van der Waals surface area contributed by atoms with Gasteiger partial charge in [0.1, 0.15) is 0 Å². The lowest BCUT2D eigenvalue weighted by Crippen LogP contribution is -2.51. The van der Waals surface area contributed by atoms with Crippen molar-refractivity contribution in [3.63, 3.8) is 0 Å².